The summed E-state index contributed by atoms with van der Waals surface area (Å²) < 4.78 is 47.0. The largest absolute Gasteiger partial charge is 0.465 e. The number of hydrogen-bond donors (Lipinski definition) is 0. The Bertz CT molecular complexity index is 569. The third-order valence-corrected chi connectivity index (χ3v) is 2.31. The third-order valence-electron chi connectivity index (χ3n) is 2.31. The van der Waals surface area contributed by atoms with Gasteiger partial charge in [0, 0.05) is 5.39 Å². The third kappa shape index (κ3) is 1.86. The molecule has 2 rings (SSSR count). The van der Waals surface area contributed by atoms with E-state index in [4.69, 9.17) is 4.42 Å². The van der Waals surface area contributed by atoms with Gasteiger partial charge in [0.2, 0.25) is 0 Å². The second kappa shape index (κ2) is 3.80. The fourth-order valence-electron chi connectivity index (χ4n) is 1.55. The Labute approximate surface area is 93.8 Å². The number of carbonyl (C=O) groups is 1. The molecule has 2 aromatic rings. The zero-order chi connectivity index (χ0) is 12.6. The summed E-state index contributed by atoms with van der Waals surface area (Å²) in [5.74, 6) is -0.737. The van der Waals surface area contributed by atoms with Crippen molar-refractivity contribution in [2.75, 3.05) is 7.11 Å². The zero-order valence-corrected chi connectivity index (χ0v) is 8.67. The lowest BCUT2D eigenvalue weighted by Gasteiger charge is -2.03. The van der Waals surface area contributed by atoms with E-state index in [1.165, 1.54) is 18.2 Å². The van der Waals surface area contributed by atoms with Crippen LogP contribution in [0.5, 0.6) is 0 Å². The lowest BCUT2D eigenvalue weighted by molar-refractivity contribution is -0.136. The highest BCUT2D eigenvalue weighted by Crippen LogP contribution is 2.37. The standard InChI is InChI=1S/C11H7F3O3/c1-16-10(15)7-4-2-3-6-8(11(12,13)14)5-17-9(6)7/h2-5H,1H3. The SMILES string of the molecule is COC(=O)c1cccc2c(C(F)(F)F)coc12. The highest BCUT2D eigenvalue weighted by molar-refractivity contribution is 6.02. The molecule has 1 aromatic carbocycles. The van der Waals surface area contributed by atoms with Crippen molar-refractivity contribution in [3.8, 4) is 0 Å². The van der Waals surface area contributed by atoms with Crippen molar-refractivity contribution in [2.45, 2.75) is 6.18 Å². The Morgan fingerprint density at radius 2 is 2.06 bits per heavy atom. The minimum Gasteiger partial charge on any atom is -0.465 e. The lowest BCUT2D eigenvalue weighted by atomic mass is 10.1. The molecular formula is C11H7F3O3. The quantitative estimate of drug-likeness (QED) is 0.723. The average Bonchev–Trinajstić information content (AvgIpc) is 2.70. The van der Waals surface area contributed by atoms with Gasteiger partial charge in [0.05, 0.1) is 7.11 Å². The Balaban J connectivity index is 2.69. The molecule has 0 amide bonds. The summed E-state index contributed by atoms with van der Waals surface area (Å²) in [6, 6.07) is 3.94. The van der Waals surface area contributed by atoms with Crippen molar-refractivity contribution in [2.24, 2.45) is 0 Å². The summed E-state index contributed by atoms with van der Waals surface area (Å²) in [6.07, 6.45) is -3.92. The molecule has 17 heavy (non-hydrogen) atoms. The van der Waals surface area contributed by atoms with Crippen molar-refractivity contribution in [1.82, 2.24) is 0 Å². The molecule has 3 nitrogen and oxygen atoms in total. The lowest BCUT2D eigenvalue weighted by Crippen LogP contribution is -2.04. The molecule has 0 saturated carbocycles. The molecule has 0 unspecified atom stereocenters. The molecule has 0 fully saturated rings. The number of furan rings is 1. The molecule has 0 N–H and O–H groups in total. The fourth-order valence-corrected chi connectivity index (χ4v) is 1.55. The molecule has 0 spiro atoms. The average molecular weight is 244 g/mol. The first-order chi connectivity index (χ1) is 7.95. The number of carbonyl (C=O) groups excluding carboxylic acids is 1. The second-order valence-corrected chi connectivity index (χ2v) is 3.32. The van der Waals surface area contributed by atoms with Crippen LogP contribution in [-0.4, -0.2) is 13.1 Å². The smallest absolute Gasteiger partial charge is 0.420 e. The number of fused-ring (bicyclic) bond motifs is 1. The number of methoxy groups -OCH3 is 1. The van der Waals surface area contributed by atoms with Gasteiger partial charge in [-0.25, -0.2) is 4.79 Å². The van der Waals surface area contributed by atoms with Crippen LogP contribution in [0.2, 0.25) is 0 Å². The normalized spacial score (nSPS) is 11.8. The number of alkyl halides is 3. The van der Waals surface area contributed by atoms with Gasteiger partial charge in [-0.2, -0.15) is 13.2 Å². The minimum absolute atomic E-state index is 0.0273. The van der Waals surface area contributed by atoms with Crippen LogP contribution in [0.4, 0.5) is 13.2 Å². The number of rotatable bonds is 1. The van der Waals surface area contributed by atoms with Gasteiger partial charge in [-0.1, -0.05) is 12.1 Å². The Morgan fingerprint density at radius 1 is 1.35 bits per heavy atom. The summed E-state index contributed by atoms with van der Waals surface area (Å²) in [6.45, 7) is 0. The van der Waals surface area contributed by atoms with E-state index in [0.717, 1.165) is 7.11 Å². The second-order valence-electron chi connectivity index (χ2n) is 3.32. The maximum absolute atomic E-state index is 12.6. The van der Waals surface area contributed by atoms with E-state index in [9.17, 15) is 18.0 Å². The van der Waals surface area contributed by atoms with Crippen LogP contribution in [0.15, 0.2) is 28.9 Å². The summed E-state index contributed by atoms with van der Waals surface area (Å²) in [5, 5.41) is -0.152. The van der Waals surface area contributed by atoms with E-state index < -0.39 is 17.7 Å². The van der Waals surface area contributed by atoms with Crippen molar-refractivity contribution in [1.29, 1.82) is 0 Å². The van der Waals surface area contributed by atoms with E-state index >= 15 is 0 Å². The molecule has 0 radical (unpaired) electrons. The van der Waals surface area contributed by atoms with Crippen LogP contribution >= 0.6 is 0 Å². The van der Waals surface area contributed by atoms with E-state index in [0.29, 0.717) is 6.26 Å². The van der Waals surface area contributed by atoms with Gasteiger partial charge in [0.25, 0.3) is 0 Å². The maximum atomic E-state index is 12.6. The number of esters is 1. The van der Waals surface area contributed by atoms with Crippen LogP contribution in [0.1, 0.15) is 15.9 Å². The summed E-state index contributed by atoms with van der Waals surface area (Å²) in [7, 11) is 1.15. The predicted octanol–water partition coefficient (Wildman–Crippen LogP) is 3.24. The molecule has 0 aliphatic carbocycles. The minimum atomic E-state index is -4.51. The van der Waals surface area contributed by atoms with Gasteiger partial charge >= 0.3 is 12.1 Å². The number of para-hydroxylation sites is 1. The molecule has 90 valence electrons. The van der Waals surface area contributed by atoms with Crippen LogP contribution in [0.25, 0.3) is 11.0 Å². The molecule has 6 heteroatoms. The molecule has 0 saturated heterocycles. The summed E-state index contributed by atoms with van der Waals surface area (Å²) in [4.78, 5) is 11.3. The van der Waals surface area contributed by atoms with Crippen LogP contribution in [-0.2, 0) is 10.9 Å². The number of ether oxygens (including phenoxy) is 1. The van der Waals surface area contributed by atoms with Crippen molar-refractivity contribution < 1.29 is 27.1 Å². The highest BCUT2D eigenvalue weighted by atomic mass is 19.4. The molecule has 1 aromatic heterocycles. The maximum Gasteiger partial charge on any atom is 0.420 e. The van der Waals surface area contributed by atoms with Gasteiger partial charge in [0.1, 0.15) is 23.0 Å². The first-order valence-corrected chi connectivity index (χ1v) is 4.61. The van der Waals surface area contributed by atoms with Crippen LogP contribution in [0.3, 0.4) is 0 Å². The van der Waals surface area contributed by atoms with Crippen molar-refractivity contribution >= 4 is 16.9 Å². The van der Waals surface area contributed by atoms with Gasteiger partial charge in [-0.05, 0) is 6.07 Å². The molecule has 0 aliphatic rings. The van der Waals surface area contributed by atoms with E-state index in [1.54, 1.807) is 0 Å². The molecule has 1 heterocycles. The molecule has 0 aliphatic heterocycles. The number of hydrogen-bond acceptors (Lipinski definition) is 3. The number of halogens is 3. The Hall–Kier alpha value is -1.98. The Kier molecular flexibility index (Phi) is 2.57. The summed E-state index contributed by atoms with van der Waals surface area (Å²) in [5.41, 5.74) is -1.05. The fraction of sp³-hybridized carbons (Fsp3) is 0.182. The zero-order valence-electron chi connectivity index (χ0n) is 8.67. The van der Waals surface area contributed by atoms with E-state index in [-0.39, 0.29) is 16.5 Å². The highest BCUT2D eigenvalue weighted by Gasteiger charge is 2.35. The van der Waals surface area contributed by atoms with Crippen molar-refractivity contribution in [3.63, 3.8) is 0 Å². The first-order valence-electron chi connectivity index (χ1n) is 4.61. The predicted molar refractivity (Wildman–Crippen MR) is 52.6 cm³/mol. The molecule has 0 bridgehead atoms. The van der Waals surface area contributed by atoms with Gasteiger partial charge in [-0.3, -0.25) is 0 Å². The molecule has 0 atom stereocenters. The van der Waals surface area contributed by atoms with E-state index in [2.05, 4.69) is 4.74 Å². The van der Waals surface area contributed by atoms with Gasteiger partial charge in [0.15, 0.2) is 0 Å². The Morgan fingerprint density at radius 3 is 2.65 bits per heavy atom. The number of benzene rings is 1. The van der Waals surface area contributed by atoms with Crippen LogP contribution < -0.4 is 0 Å². The van der Waals surface area contributed by atoms with Gasteiger partial charge in [-0.15, -0.1) is 0 Å². The monoisotopic (exact) mass is 244 g/mol. The topological polar surface area (TPSA) is 39.4 Å². The van der Waals surface area contributed by atoms with Crippen molar-refractivity contribution in [3.05, 3.63) is 35.6 Å². The first kappa shape index (κ1) is 11.5. The van der Waals surface area contributed by atoms with Crippen LogP contribution in [0, 0.1) is 0 Å². The molecular weight excluding hydrogens is 237 g/mol. The van der Waals surface area contributed by atoms with Gasteiger partial charge < -0.3 is 9.15 Å². The van der Waals surface area contributed by atoms with E-state index in [1.807, 2.05) is 0 Å². The summed E-state index contributed by atoms with van der Waals surface area (Å²) >= 11 is 0.